The Hall–Kier alpha value is -1.92. The summed E-state index contributed by atoms with van der Waals surface area (Å²) in [6.07, 6.45) is 1.71. The number of aromatic nitrogens is 3. The summed E-state index contributed by atoms with van der Waals surface area (Å²) in [6.45, 7) is 1.89. The Balaban J connectivity index is 2.65. The second-order valence-electron chi connectivity index (χ2n) is 4.07. The molecule has 6 nitrogen and oxygen atoms in total. The lowest BCUT2D eigenvalue weighted by atomic mass is 10.1. The minimum Gasteiger partial charge on any atom is -0.308 e. The molecule has 2 rings (SSSR count). The van der Waals surface area contributed by atoms with E-state index in [9.17, 15) is 0 Å². The summed E-state index contributed by atoms with van der Waals surface area (Å²) in [5.74, 6) is 6.04. The number of nitrogens with two attached hydrogens (primary N) is 1. The van der Waals surface area contributed by atoms with E-state index in [2.05, 4.69) is 20.5 Å². The van der Waals surface area contributed by atoms with Crippen molar-refractivity contribution in [3.8, 4) is 11.3 Å². The number of aliphatic imine (C=N–C) groups is 1. The second kappa shape index (κ2) is 5.38. The molecule has 0 bridgehead atoms. The minimum atomic E-state index is 0.442. The number of rotatable bonds is 2. The highest BCUT2D eigenvalue weighted by Gasteiger charge is 2.16. The van der Waals surface area contributed by atoms with E-state index in [0.717, 1.165) is 22.5 Å². The van der Waals surface area contributed by atoms with Crippen molar-refractivity contribution in [1.29, 1.82) is 0 Å². The number of aryl methyl sites for hydroxylation is 2. The summed E-state index contributed by atoms with van der Waals surface area (Å²) in [6, 6.07) is 3.73. The highest BCUT2D eigenvalue weighted by molar-refractivity contribution is 6.29. The van der Waals surface area contributed by atoms with E-state index in [1.807, 2.05) is 20.0 Å². The van der Waals surface area contributed by atoms with Crippen molar-refractivity contribution in [3.05, 3.63) is 34.7 Å². The van der Waals surface area contributed by atoms with Crippen LogP contribution in [-0.4, -0.2) is 27.6 Å². The second-order valence-corrected chi connectivity index (χ2v) is 4.45. The molecule has 0 aliphatic rings. The molecule has 0 amide bonds. The first kappa shape index (κ1) is 13.5. The molecule has 2 aromatic rings. The molecule has 0 saturated heterocycles. The van der Waals surface area contributed by atoms with Gasteiger partial charge in [0.1, 0.15) is 11.0 Å². The molecule has 2 aromatic heterocycles. The molecule has 0 atom stereocenters. The Morgan fingerprint density at radius 1 is 1.47 bits per heavy atom. The van der Waals surface area contributed by atoms with Gasteiger partial charge in [0.2, 0.25) is 0 Å². The van der Waals surface area contributed by atoms with Crippen molar-refractivity contribution in [2.45, 2.75) is 6.92 Å². The van der Waals surface area contributed by atoms with Gasteiger partial charge >= 0.3 is 0 Å². The molecule has 0 fully saturated rings. The third kappa shape index (κ3) is 2.59. The van der Waals surface area contributed by atoms with E-state index in [4.69, 9.17) is 17.4 Å². The number of halogens is 1. The average molecular weight is 279 g/mol. The van der Waals surface area contributed by atoms with E-state index in [0.29, 0.717) is 11.0 Å². The molecular formula is C12H15ClN6. The van der Waals surface area contributed by atoms with Crippen LogP contribution in [0.25, 0.3) is 11.3 Å². The van der Waals surface area contributed by atoms with Gasteiger partial charge in [-0.25, -0.2) is 10.8 Å². The van der Waals surface area contributed by atoms with Crippen LogP contribution in [0.3, 0.4) is 0 Å². The van der Waals surface area contributed by atoms with Crippen LogP contribution in [0.5, 0.6) is 0 Å². The molecule has 19 heavy (non-hydrogen) atoms. The van der Waals surface area contributed by atoms with Crippen molar-refractivity contribution in [3.63, 3.8) is 0 Å². The standard InChI is InChI=1S/C12H15ClN6/c1-7-4-8(5-10(13)17-7)11-9(6-16-19(11)3)12(15-2)18-14/h4-6H,14H2,1-3H3,(H,15,18). The average Bonchev–Trinajstić information content (AvgIpc) is 2.72. The van der Waals surface area contributed by atoms with Crippen LogP contribution in [0.1, 0.15) is 11.3 Å². The molecule has 3 N–H and O–H groups in total. The Morgan fingerprint density at radius 3 is 2.79 bits per heavy atom. The van der Waals surface area contributed by atoms with Crippen LogP contribution in [-0.2, 0) is 7.05 Å². The Labute approximate surface area is 116 Å². The van der Waals surface area contributed by atoms with Crippen LogP contribution in [0.2, 0.25) is 5.15 Å². The van der Waals surface area contributed by atoms with Crippen molar-refractivity contribution in [2.75, 3.05) is 7.05 Å². The number of amidine groups is 1. The number of pyridine rings is 1. The van der Waals surface area contributed by atoms with E-state index >= 15 is 0 Å². The summed E-state index contributed by atoms with van der Waals surface area (Å²) >= 11 is 6.01. The predicted molar refractivity (Wildman–Crippen MR) is 76.0 cm³/mol. The zero-order chi connectivity index (χ0) is 14.0. The first-order chi connectivity index (χ1) is 9.06. The van der Waals surface area contributed by atoms with Gasteiger partial charge in [-0.2, -0.15) is 5.10 Å². The van der Waals surface area contributed by atoms with Crippen LogP contribution in [0, 0.1) is 6.92 Å². The molecule has 2 heterocycles. The predicted octanol–water partition coefficient (Wildman–Crippen LogP) is 1.28. The number of nitrogens with one attached hydrogen (secondary N) is 1. The van der Waals surface area contributed by atoms with Gasteiger partial charge in [0.15, 0.2) is 0 Å². The lowest BCUT2D eigenvalue weighted by Crippen LogP contribution is -2.31. The monoisotopic (exact) mass is 278 g/mol. The summed E-state index contributed by atoms with van der Waals surface area (Å²) in [5, 5.41) is 4.69. The molecule has 0 aromatic carbocycles. The lowest BCUT2D eigenvalue weighted by molar-refractivity contribution is 0.775. The summed E-state index contributed by atoms with van der Waals surface area (Å²) in [5.41, 5.74) is 6.02. The van der Waals surface area contributed by atoms with Crippen LogP contribution in [0.15, 0.2) is 23.3 Å². The van der Waals surface area contributed by atoms with Gasteiger partial charge in [0.25, 0.3) is 0 Å². The fourth-order valence-corrected chi connectivity index (χ4v) is 2.23. The molecule has 0 aliphatic heterocycles. The number of nitrogens with zero attached hydrogens (tertiary/aromatic N) is 4. The van der Waals surface area contributed by atoms with E-state index in [1.165, 1.54) is 0 Å². The molecular weight excluding hydrogens is 264 g/mol. The van der Waals surface area contributed by atoms with E-state index < -0.39 is 0 Å². The van der Waals surface area contributed by atoms with Gasteiger partial charge < -0.3 is 5.43 Å². The van der Waals surface area contributed by atoms with Crippen molar-refractivity contribution in [1.82, 2.24) is 20.2 Å². The van der Waals surface area contributed by atoms with Crippen LogP contribution in [0.4, 0.5) is 0 Å². The zero-order valence-electron chi connectivity index (χ0n) is 11.0. The SMILES string of the molecule is CN=C(NN)c1cnn(C)c1-c1cc(C)nc(Cl)c1. The van der Waals surface area contributed by atoms with Gasteiger partial charge in [-0.15, -0.1) is 0 Å². The maximum Gasteiger partial charge on any atom is 0.146 e. The molecule has 7 heteroatoms. The number of hydrogen-bond acceptors (Lipinski definition) is 4. The molecule has 100 valence electrons. The van der Waals surface area contributed by atoms with Crippen LogP contribution < -0.4 is 11.3 Å². The smallest absolute Gasteiger partial charge is 0.146 e. The Morgan fingerprint density at radius 2 is 2.21 bits per heavy atom. The van der Waals surface area contributed by atoms with E-state index in [-0.39, 0.29) is 0 Å². The summed E-state index contributed by atoms with van der Waals surface area (Å²) < 4.78 is 1.75. The first-order valence-corrected chi connectivity index (χ1v) is 6.05. The Kier molecular flexibility index (Phi) is 3.82. The highest BCUT2D eigenvalue weighted by atomic mass is 35.5. The van der Waals surface area contributed by atoms with E-state index in [1.54, 1.807) is 24.0 Å². The van der Waals surface area contributed by atoms with Gasteiger partial charge in [-0.3, -0.25) is 9.67 Å². The van der Waals surface area contributed by atoms with Crippen LogP contribution >= 0.6 is 11.6 Å². The molecule has 0 radical (unpaired) electrons. The first-order valence-electron chi connectivity index (χ1n) is 5.67. The largest absolute Gasteiger partial charge is 0.308 e. The summed E-state index contributed by atoms with van der Waals surface area (Å²) in [7, 11) is 3.52. The zero-order valence-corrected chi connectivity index (χ0v) is 11.7. The third-order valence-corrected chi connectivity index (χ3v) is 2.94. The maximum atomic E-state index is 6.01. The van der Waals surface area contributed by atoms with Crippen molar-refractivity contribution in [2.24, 2.45) is 17.9 Å². The lowest BCUT2D eigenvalue weighted by Gasteiger charge is -2.09. The maximum absolute atomic E-state index is 6.01. The minimum absolute atomic E-state index is 0.442. The van der Waals surface area contributed by atoms with Crippen molar-refractivity contribution >= 4 is 17.4 Å². The quantitative estimate of drug-likeness (QED) is 0.285. The van der Waals surface area contributed by atoms with Gasteiger partial charge in [-0.1, -0.05) is 11.6 Å². The normalized spacial score (nSPS) is 11.7. The van der Waals surface area contributed by atoms with Gasteiger partial charge in [0, 0.05) is 25.4 Å². The van der Waals surface area contributed by atoms with Crippen molar-refractivity contribution < 1.29 is 0 Å². The Bertz CT molecular complexity index is 611. The number of hydrogen-bond donors (Lipinski definition) is 2. The fourth-order valence-electron chi connectivity index (χ4n) is 1.98. The van der Waals surface area contributed by atoms with Gasteiger partial charge in [0.05, 0.1) is 17.5 Å². The topological polar surface area (TPSA) is 81.1 Å². The third-order valence-electron chi connectivity index (χ3n) is 2.75. The molecule has 0 spiro atoms. The molecule has 0 unspecified atom stereocenters. The molecule has 0 saturated carbocycles. The summed E-state index contributed by atoms with van der Waals surface area (Å²) in [4.78, 5) is 8.25. The fraction of sp³-hybridized carbons (Fsp3) is 0.250. The van der Waals surface area contributed by atoms with Gasteiger partial charge in [-0.05, 0) is 19.1 Å². The highest BCUT2D eigenvalue weighted by Crippen LogP contribution is 2.25. The number of hydrazine groups is 1. The molecule has 0 aliphatic carbocycles.